The van der Waals surface area contributed by atoms with Gasteiger partial charge in [-0.25, -0.2) is 4.98 Å². The number of morpholine rings is 1. The van der Waals surface area contributed by atoms with Gasteiger partial charge in [0, 0.05) is 32.0 Å². The standard InChI is InChI=1S/C17H19F3N6O2/c1-10-9-28-8-7-25(10)11-3-5-21-16-13(11)14(15(27-2)17(18,19)20)24-26(16)12-4-6-22-23-12/h3-6,10,15H,7-9H2,1-2H3,(H,22,23)/t10-,15?/m1/s1. The van der Waals surface area contributed by atoms with E-state index in [1.54, 1.807) is 18.3 Å². The second kappa shape index (κ2) is 7.06. The molecule has 4 rings (SSSR count). The first-order chi connectivity index (χ1) is 13.4. The largest absolute Gasteiger partial charge is 0.420 e. The van der Waals surface area contributed by atoms with E-state index in [-0.39, 0.29) is 11.7 Å². The van der Waals surface area contributed by atoms with Crippen molar-refractivity contribution in [3.8, 4) is 5.82 Å². The molecule has 1 aliphatic heterocycles. The summed E-state index contributed by atoms with van der Waals surface area (Å²) in [5, 5.41) is 11.1. The number of hydrogen-bond donors (Lipinski definition) is 1. The first-order valence-electron chi connectivity index (χ1n) is 8.73. The smallest absolute Gasteiger partial charge is 0.377 e. The van der Waals surface area contributed by atoms with Crippen LogP contribution in [0, 0.1) is 0 Å². The van der Waals surface area contributed by atoms with Crippen LogP contribution in [0.4, 0.5) is 18.9 Å². The minimum atomic E-state index is -4.63. The summed E-state index contributed by atoms with van der Waals surface area (Å²) in [4.78, 5) is 6.32. The Hall–Kier alpha value is -2.66. The molecule has 3 aromatic rings. The Morgan fingerprint density at radius 2 is 2.14 bits per heavy atom. The molecule has 1 N–H and O–H groups in total. The third-order valence-corrected chi connectivity index (χ3v) is 4.75. The maximum Gasteiger partial charge on any atom is 0.420 e. The normalized spacial score (nSPS) is 19.3. The van der Waals surface area contributed by atoms with Crippen LogP contribution >= 0.6 is 0 Å². The molecule has 3 aromatic heterocycles. The maximum absolute atomic E-state index is 13.7. The average molecular weight is 396 g/mol. The minimum absolute atomic E-state index is 0.00501. The van der Waals surface area contributed by atoms with Gasteiger partial charge in [0.05, 0.1) is 30.5 Å². The maximum atomic E-state index is 13.7. The van der Waals surface area contributed by atoms with Crippen molar-refractivity contribution < 1.29 is 22.6 Å². The highest BCUT2D eigenvalue weighted by molar-refractivity contribution is 5.93. The number of aromatic nitrogens is 5. The van der Waals surface area contributed by atoms with Gasteiger partial charge in [-0.05, 0) is 13.0 Å². The van der Waals surface area contributed by atoms with E-state index < -0.39 is 12.3 Å². The van der Waals surface area contributed by atoms with E-state index in [9.17, 15) is 13.2 Å². The molecule has 150 valence electrons. The molecule has 4 heterocycles. The topological polar surface area (TPSA) is 81.1 Å². The van der Waals surface area contributed by atoms with Crippen molar-refractivity contribution >= 4 is 16.7 Å². The van der Waals surface area contributed by atoms with Crippen LogP contribution in [0.25, 0.3) is 16.9 Å². The van der Waals surface area contributed by atoms with Gasteiger partial charge in [0.25, 0.3) is 0 Å². The number of fused-ring (bicyclic) bond motifs is 1. The number of methoxy groups -OCH3 is 1. The molecule has 0 amide bonds. The summed E-state index contributed by atoms with van der Waals surface area (Å²) in [7, 11) is 1.02. The molecule has 1 fully saturated rings. The third kappa shape index (κ3) is 3.10. The number of halogens is 3. The molecule has 11 heteroatoms. The van der Waals surface area contributed by atoms with Crippen molar-refractivity contribution in [3.63, 3.8) is 0 Å². The summed E-state index contributed by atoms with van der Waals surface area (Å²) in [5.74, 6) is 0.410. The third-order valence-electron chi connectivity index (χ3n) is 4.75. The minimum Gasteiger partial charge on any atom is -0.377 e. The number of pyridine rings is 1. The lowest BCUT2D eigenvalue weighted by Gasteiger charge is -2.35. The van der Waals surface area contributed by atoms with E-state index in [1.807, 2.05) is 11.8 Å². The van der Waals surface area contributed by atoms with Crippen molar-refractivity contribution in [1.29, 1.82) is 0 Å². The first-order valence-corrected chi connectivity index (χ1v) is 8.73. The van der Waals surface area contributed by atoms with E-state index >= 15 is 0 Å². The number of alkyl halides is 3. The van der Waals surface area contributed by atoms with E-state index in [1.165, 1.54) is 10.9 Å². The molecule has 1 aliphatic rings. The molecule has 0 aromatic carbocycles. The van der Waals surface area contributed by atoms with Crippen LogP contribution in [0.1, 0.15) is 18.7 Å². The van der Waals surface area contributed by atoms with Crippen LogP contribution < -0.4 is 4.90 Å². The molecule has 1 saturated heterocycles. The van der Waals surface area contributed by atoms with Crippen LogP contribution in [0.2, 0.25) is 0 Å². The van der Waals surface area contributed by atoms with Gasteiger partial charge in [-0.1, -0.05) is 0 Å². The second-order valence-electron chi connectivity index (χ2n) is 6.54. The Balaban J connectivity index is 1.99. The van der Waals surface area contributed by atoms with Crippen LogP contribution in [-0.4, -0.2) is 64.0 Å². The second-order valence-corrected chi connectivity index (χ2v) is 6.54. The molecular weight excluding hydrogens is 377 g/mol. The van der Waals surface area contributed by atoms with Gasteiger partial charge in [-0.15, -0.1) is 0 Å². The summed E-state index contributed by atoms with van der Waals surface area (Å²) >= 11 is 0. The summed E-state index contributed by atoms with van der Waals surface area (Å²) in [6.07, 6.45) is -3.75. The van der Waals surface area contributed by atoms with E-state index in [4.69, 9.17) is 9.47 Å². The predicted molar refractivity (Wildman–Crippen MR) is 94.4 cm³/mol. The lowest BCUT2D eigenvalue weighted by molar-refractivity contribution is -0.216. The molecule has 0 aliphatic carbocycles. The van der Waals surface area contributed by atoms with Crippen molar-refractivity contribution in [2.75, 3.05) is 31.8 Å². The highest BCUT2D eigenvalue weighted by atomic mass is 19.4. The summed E-state index contributed by atoms with van der Waals surface area (Å²) in [6.45, 7) is 3.49. The van der Waals surface area contributed by atoms with E-state index in [2.05, 4.69) is 20.3 Å². The fraction of sp³-hybridized carbons (Fsp3) is 0.471. The van der Waals surface area contributed by atoms with Crippen molar-refractivity contribution in [1.82, 2.24) is 25.0 Å². The zero-order valence-electron chi connectivity index (χ0n) is 15.3. The number of aromatic amines is 1. The number of anilines is 1. The molecule has 8 nitrogen and oxygen atoms in total. The van der Waals surface area contributed by atoms with Gasteiger partial charge in [0.2, 0.25) is 0 Å². The average Bonchev–Trinajstić information content (AvgIpc) is 3.30. The number of H-pyrrole nitrogens is 1. The fourth-order valence-corrected chi connectivity index (χ4v) is 3.50. The fourth-order valence-electron chi connectivity index (χ4n) is 3.50. The molecule has 28 heavy (non-hydrogen) atoms. The van der Waals surface area contributed by atoms with E-state index in [0.717, 1.165) is 7.11 Å². The quantitative estimate of drug-likeness (QED) is 0.730. The lowest BCUT2D eigenvalue weighted by atomic mass is 10.1. The number of nitrogens with one attached hydrogen (secondary N) is 1. The Morgan fingerprint density at radius 3 is 2.79 bits per heavy atom. The molecular formula is C17H19F3N6O2. The zero-order valence-corrected chi connectivity index (χ0v) is 15.3. The SMILES string of the molecule is COC(c1nn(-c2ccn[nH]2)c2nccc(N3CCOC[C@H]3C)c12)C(F)(F)F. The van der Waals surface area contributed by atoms with Crippen molar-refractivity contribution in [2.24, 2.45) is 0 Å². The van der Waals surface area contributed by atoms with Gasteiger partial charge in [0.1, 0.15) is 5.69 Å². The number of hydrogen-bond acceptors (Lipinski definition) is 6. The monoisotopic (exact) mass is 396 g/mol. The van der Waals surface area contributed by atoms with Gasteiger partial charge >= 0.3 is 6.18 Å². The molecule has 0 saturated carbocycles. The molecule has 0 radical (unpaired) electrons. The molecule has 0 spiro atoms. The number of nitrogens with zero attached hydrogens (tertiary/aromatic N) is 5. The van der Waals surface area contributed by atoms with Gasteiger partial charge in [-0.3, -0.25) is 5.10 Å². The first kappa shape index (κ1) is 18.7. The Kier molecular flexibility index (Phi) is 4.71. The summed E-state index contributed by atoms with van der Waals surface area (Å²) in [5.41, 5.74) is 0.677. The molecule has 0 bridgehead atoms. The lowest BCUT2D eigenvalue weighted by Crippen LogP contribution is -2.43. The van der Waals surface area contributed by atoms with Crippen molar-refractivity contribution in [2.45, 2.75) is 25.2 Å². The Morgan fingerprint density at radius 1 is 1.32 bits per heavy atom. The van der Waals surface area contributed by atoms with Crippen LogP contribution in [0.3, 0.4) is 0 Å². The van der Waals surface area contributed by atoms with Crippen LogP contribution in [0.15, 0.2) is 24.5 Å². The van der Waals surface area contributed by atoms with Gasteiger partial charge < -0.3 is 14.4 Å². The Bertz CT molecular complexity index is 956. The summed E-state index contributed by atoms with van der Waals surface area (Å²) in [6, 6.07) is 3.31. The summed E-state index contributed by atoms with van der Waals surface area (Å²) < 4.78 is 52.7. The van der Waals surface area contributed by atoms with Crippen LogP contribution in [-0.2, 0) is 9.47 Å². The van der Waals surface area contributed by atoms with Gasteiger partial charge in [-0.2, -0.15) is 28.1 Å². The number of rotatable bonds is 4. The van der Waals surface area contributed by atoms with Crippen molar-refractivity contribution in [3.05, 3.63) is 30.2 Å². The predicted octanol–water partition coefficient (Wildman–Crippen LogP) is 2.62. The van der Waals surface area contributed by atoms with Crippen LogP contribution in [0.5, 0.6) is 0 Å². The molecule has 2 atom stereocenters. The molecule has 1 unspecified atom stereocenters. The zero-order chi connectivity index (χ0) is 19.9. The highest BCUT2D eigenvalue weighted by Crippen LogP contribution is 2.41. The Labute approximate surface area is 158 Å². The highest BCUT2D eigenvalue weighted by Gasteiger charge is 2.45. The van der Waals surface area contributed by atoms with Gasteiger partial charge in [0.15, 0.2) is 17.6 Å². The van der Waals surface area contributed by atoms with E-state index in [0.29, 0.717) is 42.3 Å². The number of ether oxygens (including phenoxy) is 2.